The Morgan fingerprint density at radius 3 is 2.50 bits per heavy atom. The molecule has 2 N–H and O–H groups in total. The van der Waals surface area contributed by atoms with Gasteiger partial charge in [-0.1, -0.05) is 13.3 Å². The Hall–Kier alpha value is -0.610. The van der Waals surface area contributed by atoms with Crippen LogP contribution in [0.25, 0.3) is 0 Å². The lowest BCUT2D eigenvalue weighted by atomic mass is 10.3. The molecule has 0 fully saturated rings. The number of ether oxygens (including phenoxy) is 1. The fourth-order valence-electron chi connectivity index (χ4n) is 1.27. The molecular weight excluding hydrogens is 204 g/mol. The van der Waals surface area contributed by atoms with Gasteiger partial charge in [-0.05, 0) is 32.4 Å². The first-order valence-corrected chi connectivity index (χ1v) is 6.30. The van der Waals surface area contributed by atoms with E-state index in [1.165, 1.54) is 6.42 Å². The molecule has 16 heavy (non-hydrogen) atoms. The molecule has 0 saturated carbocycles. The highest BCUT2D eigenvalue weighted by molar-refractivity contribution is 5.75. The quantitative estimate of drug-likeness (QED) is 0.526. The summed E-state index contributed by atoms with van der Waals surface area (Å²) in [5, 5.41) is 5.90. The van der Waals surface area contributed by atoms with Gasteiger partial charge in [0.1, 0.15) is 0 Å². The predicted molar refractivity (Wildman–Crippen MR) is 66.5 cm³/mol. The molecule has 0 aliphatic rings. The normalized spacial score (nSPS) is 10.4. The summed E-state index contributed by atoms with van der Waals surface area (Å²) in [7, 11) is 1.67. The van der Waals surface area contributed by atoms with E-state index < -0.39 is 0 Å². The number of unbranched alkanes of at least 4 members (excludes halogenated alkanes) is 1. The van der Waals surface area contributed by atoms with Crippen LogP contribution in [0.1, 0.15) is 39.0 Å². The lowest BCUT2D eigenvalue weighted by molar-refractivity contribution is -0.120. The van der Waals surface area contributed by atoms with Crippen molar-refractivity contribution in [3.05, 3.63) is 0 Å². The number of nitrogens with one attached hydrogen (secondary N) is 2. The Kier molecular flexibility index (Phi) is 12.0. The molecular formula is C12H26N2O2. The molecule has 0 aromatic rings. The molecule has 4 nitrogen and oxygen atoms in total. The smallest absolute Gasteiger partial charge is 0.219 e. The van der Waals surface area contributed by atoms with E-state index in [0.29, 0.717) is 6.42 Å². The summed E-state index contributed by atoms with van der Waals surface area (Å²) in [4.78, 5) is 10.9. The molecule has 96 valence electrons. The van der Waals surface area contributed by atoms with Crippen LogP contribution in [0.4, 0.5) is 0 Å². The second kappa shape index (κ2) is 12.5. The molecule has 0 saturated heterocycles. The van der Waals surface area contributed by atoms with E-state index in [9.17, 15) is 4.79 Å². The van der Waals surface area contributed by atoms with Crippen LogP contribution in [0.3, 0.4) is 0 Å². The fourth-order valence-corrected chi connectivity index (χ4v) is 1.27. The zero-order valence-electron chi connectivity index (χ0n) is 10.7. The topological polar surface area (TPSA) is 50.4 Å². The molecule has 0 aliphatic carbocycles. The van der Waals surface area contributed by atoms with Crippen LogP contribution in [-0.2, 0) is 9.53 Å². The summed E-state index contributed by atoms with van der Waals surface area (Å²) < 4.78 is 5.43. The maximum Gasteiger partial charge on any atom is 0.219 e. The van der Waals surface area contributed by atoms with Crippen molar-refractivity contribution < 1.29 is 9.53 Å². The molecule has 0 radical (unpaired) electrons. The highest BCUT2D eigenvalue weighted by Gasteiger charge is 1.96. The number of carbonyl (C=O) groups excluding carboxylic acids is 1. The molecule has 0 aliphatic heterocycles. The SMILES string of the molecule is CCCCOCCCNCCCC(=O)NC. The van der Waals surface area contributed by atoms with Gasteiger partial charge in [-0.3, -0.25) is 4.79 Å². The summed E-state index contributed by atoms with van der Waals surface area (Å²) in [6.07, 6.45) is 4.90. The van der Waals surface area contributed by atoms with Gasteiger partial charge in [0.05, 0.1) is 0 Å². The van der Waals surface area contributed by atoms with E-state index >= 15 is 0 Å². The van der Waals surface area contributed by atoms with E-state index in [4.69, 9.17) is 4.74 Å². The van der Waals surface area contributed by atoms with Gasteiger partial charge in [0.25, 0.3) is 0 Å². The van der Waals surface area contributed by atoms with E-state index in [1.807, 2.05) is 0 Å². The molecule has 4 heteroatoms. The first-order chi connectivity index (χ1) is 7.81. The number of hydrogen-bond acceptors (Lipinski definition) is 3. The summed E-state index contributed by atoms with van der Waals surface area (Å²) in [6.45, 7) is 5.76. The fraction of sp³-hybridized carbons (Fsp3) is 0.917. The summed E-state index contributed by atoms with van der Waals surface area (Å²) >= 11 is 0. The van der Waals surface area contributed by atoms with Crippen LogP contribution >= 0.6 is 0 Å². The second-order valence-corrected chi connectivity index (χ2v) is 3.85. The van der Waals surface area contributed by atoms with Crippen molar-refractivity contribution in [3.63, 3.8) is 0 Å². The standard InChI is InChI=1S/C12H26N2O2/c1-3-4-10-16-11-6-9-14-8-5-7-12(15)13-2/h14H,3-11H2,1-2H3,(H,13,15). The van der Waals surface area contributed by atoms with Crippen molar-refractivity contribution in [3.8, 4) is 0 Å². The molecule has 0 rings (SSSR count). The second-order valence-electron chi connectivity index (χ2n) is 3.85. The molecule has 0 heterocycles. The van der Waals surface area contributed by atoms with Crippen LogP contribution in [-0.4, -0.2) is 39.3 Å². The molecule has 0 aromatic heterocycles. The van der Waals surface area contributed by atoms with Gasteiger partial charge in [-0.25, -0.2) is 0 Å². The van der Waals surface area contributed by atoms with Gasteiger partial charge >= 0.3 is 0 Å². The maximum absolute atomic E-state index is 10.9. The average Bonchev–Trinajstić information content (AvgIpc) is 2.31. The number of amides is 1. The number of hydrogen-bond donors (Lipinski definition) is 2. The Labute approximate surface area is 99.1 Å². The zero-order chi connectivity index (χ0) is 12.1. The highest BCUT2D eigenvalue weighted by atomic mass is 16.5. The van der Waals surface area contributed by atoms with Crippen molar-refractivity contribution in [2.45, 2.75) is 39.0 Å². The van der Waals surface area contributed by atoms with Gasteiger partial charge in [-0.2, -0.15) is 0 Å². The third-order valence-electron chi connectivity index (χ3n) is 2.32. The molecule has 1 amide bonds. The third-order valence-corrected chi connectivity index (χ3v) is 2.32. The molecule has 0 spiro atoms. The van der Waals surface area contributed by atoms with Gasteiger partial charge in [0, 0.05) is 26.7 Å². The van der Waals surface area contributed by atoms with E-state index in [0.717, 1.165) is 45.6 Å². The van der Waals surface area contributed by atoms with E-state index in [2.05, 4.69) is 17.6 Å². The zero-order valence-corrected chi connectivity index (χ0v) is 10.7. The average molecular weight is 230 g/mol. The minimum absolute atomic E-state index is 0.115. The number of carbonyl (C=O) groups is 1. The van der Waals surface area contributed by atoms with E-state index in [-0.39, 0.29) is 5.91 Å². The Balaban J connectivity index is 2.96. The van der Waals surface area contributed by atoms with Crippen molar-refractivity contribution >= 4 is 5.91 Å². The Morgan fingerprint density at radius 1 is 1.12 bits per heavy atom. The third kappa shape index (κ3) is 11.5. The molecule has 0 aromatic carbocycles. The summed E-state index contributed by atoms with van der Waals surface area (Å²) in [5.41, 5.74) is 0. The van der Waals surface area contributed by atoms with Gasteiger partial charge < -0.3 is 15.4 Å². The monoisotopic (exact) mass is 230 g/mol. The largest absolute Gasteiger partial charge is 0.381 e. The van der Waals surface area contributed by atoms with E-state index in [1.54, 1.807) is 7.05 Å². The Morgan fingerprint density at radius 2 is 1.81 bits per heavy atom. The van der Waals surface area contributed by atoms with Crippen LogP contribution in [0.15, 0.2) is 0 Å². The van der Waals surface area contributed by atoms with Crippen LogP contribution in [0.5, 0.6) is 0 Å². The van der Waals surface area contributed by atoms with Gasteiger partial charge in [0.2, 0.25) is 5.91 Å². The lowest BCUT2D eigenvalue weighted by Crippen LogP contribution is -2.22. The molecule has 0 unspecified atom stereocenters. The Bertz CT molecular complexity index is 163. The minimum atomic E-state index is 0.115. The van der Waals surface area contributed by atoms with Crippen molar-refractivity contribution in [1.82, 2.24) is 10.6 Å². The first kappa shape index (κ1) is 15.4. The highest BCUT2D eigenvalue weighted by Crippen LogP contribution is 1.90. The molecule has 0 bridgehead atoms. The number of rotatable bonds is 11. The lowest BCUT2D eigenvalue weighted by Gasteiger charge is -2.05. The van der Waals surface area contributed by atoms with Gasteiger partial charge in [-0.15, -0.1) is 0 Å². The molecule has 0 atom stereocenters. The minimum Gasteiger partial charge on any atom is -0.381 e. The van der Waals surface area contributed by atoms with Crippen LogP contribution < -0.4 is 10.6 Å². The summed E-state index contributed by atoms with van der Waals surface area (Å²) in [6, 6.07) is 0. The van der Waals surface area contributed by atoms with Crippen LogP contribution in [0, 0.1) is 0 Å². The maximum atomic E-state index is 10.9. The summed E-state index contributed by atoms with van der Waals surface area (Å²) in [5.74, 6) is 0.115. The van der Waals surface area contributed by atoms with Crippen molar-refractivity contribution in [2.24, 2.45) is 0 Å². The predicted octanol–water partition coefficient (Wildman–Crippen LogP) is 1.31. The van der Waals surface area contributed by atoms with Crippen LogP contribution in [0.2, 0.25) is 0 Å². The van der Waals surface area contributed by atoms with Crippen molar-refractivity contribution in [2.75, 3.05) is 33.4 Å². The van der Waals surface area contributed by atoms with Crippen molar-refractivity contribution in [1.29, 1.82) is 0 Å². The van der Waals surface area contributed by atoms with Gasteiger partial charge in [0.15, 0.2) is 0 Å². The first-order valence-electron chi connectivity index (χ1n) is 6.30.